The van der Waals surface area contributed by atoms with Crippen LogP contribution < -0.4 is 0 Å². The predicted molar refractivity (Wildman–Crippen MR) is 74.4 cm³/mol. The van der Waals surface area contributed by atoms with Crippen LogP contribution in [0, 0.1) is 19.8 Å². The van der Waals surface area contributed by atoms with Gasteiger partial charge in [0, 0.05) is 23.5 Å². The molecule has 0 spiro atoms. The number of ketones is 1. The van der Waals surface area contributed by atoms with Crippen LogP contribution in [0.5, 0.6) is 0 Å². The maximum Gasteiger partial charge on any atom is 0.179 e. The number of halogens is 1. The van der Waals surface area contributed by atoms with Gasteiger partial charge in [-0.1, -0.05) is 0 Å². The summed E-state index contributed by atoms with van der Waals surface area (Å²) in [6, 6.07) is 1.97. The number of thioether (sulfide) groups is 1. The molecule has 0 saturated carbocycles. The maximum absolute atomic E-state index is 11.7. The van der Waals surface area contributed by atoms with Crippen molar-refractivity contribution in [3.05, 3.63) is 23.0 Å². The molecule has 2 rings (SSSR count). The lowest BCUT2D eigenvalue weighted by Gasteiger charge is -2.14. The fraction of sp³-hybridized carbons (Fsp3) is 0.615. The Hall–Kier alpha value is -0.410. The molecule has 4 heteroatoms. The molecule has 1 saturated heterocycles. The predicted octanol–water partition coefficient (Wildman–Crippen LogP) is 3.28. The summed E-state index contributed by atoms with van der Waals surface area (Å²) < 4.78 is 2.27. The van der Waals surface area contributed by atoms with Gasteiger partial charge in [0.2, 0.25) is 0 Å². The van der Waals surface area contributed by atoms with E-state index in [1.165, 1.54) is 23.6 Å². The first kappa shape index (κ1) is 13.0. The van der Waals surface area contributed by atoms with E-state index in [0.717, 1.165) is 23.7 Å². The topological polar surface area (TPSA) is 22.0 Å². The zero-order valence-corrected chi connectivity index (χ0v) is 11.9. The van der Waals surface area contributed by atoms with E-state index in [0.29, 0.717) is 0 Å². The largest absolute Gasteiger partial charge is 0.348 e. The second kappa shape index (κ2) is 5.49. The van der Waals surface area contributed by atoms with Gasteiger partial charge in [-0.2, -0.15) is 11.8 Å². The number of Topliss-reactive ketones (excluding diaryl/α,β-unsaturated/α-hetero) is 1. The first-order valence-electron chi connectivity index (χ1n) is 5.97. The molecule has 1 unspecified atom stereocenters. The Bertz CT molecular complexity index is 421. The molecule has 1 aliphatic heterocycles. The first-order chi connectivity index (χ1) is 8.13. The molecule has 1 atom stereocenters. The van der Waals surface area contributed by atoms with Crippen molar-refractivity contribution in [1.82, 2.24) is 4.57 Å². The molecule has 0 amide bonds. The van der Waals surface area contributed by atoms with Gasteiger partial charge < -0.3 is 4.57 Å². The zero-order chi connectivity index (χ0) is 12.4. The average molecular weight is 272 g/mol. The van der Waals surface area contributed by atoms with Crippen molar-refractivity contribution in [2.75, 3.05) is 17.4 Å². The number of rotatable bonds is 4. The quantitative estimate of drug-likeness (QED) is 0.619. The molecule has 17 heavy (non-hydrogen) atoms. The molecule has 1 aromatic rings. The standard InChI is InChI=1S/C13H18ClNOS/c1-9-5-12(13(16)6-14)10(2)15(9)7-11-3-4-17-8-11/h5,11H,3-4,6-8H2,1-2H3. The van der Waals surface area contributed by atoms with Gasteiger partial charge in [-0.05, 0) is 43.8 Å². The van der Waals surface area contributed by atoms with Crippen LogP contribution in [0.25, 0.3) is 0 Å². The van der Waals surface area contributed by atoms with Gasteiger partial charge in [0.15, 0.2) is 5.78 Å². The summed E-state index contributed by atoms with van der Waals surface area (Å²) in [6.45, 7) is 5.13. The van der Waals surface area contributed by atoms with E-state index in [9.17, 15) is 4.79 Å². The summed E-state index contributed by atoms with van der Waals surface area (Å²) in [6.07, 6.45) is 1.29. The molecule has 94 valence electrons. The number of hydrogen-bond donors (Lipinski definition) is 0. The van der Waals surface area contributed by atoms with Crippen LogP contribution in [-0.2, 0) is 6.54 Å². The van der Waals surface area contributed by atoms with E-state index in [2.05, 4.69) is 11.5 Å². The molecule has 2 heterocycles. The summed E-state index contributed by atoms with van der Waals surface area (Å²) >= 11 is 7.66. The van der Waals surface area contributed by atoms with Crippen molar-refractivity contribution < 1.29 is 4.79 Å². The minimum atomic E-state index is 0.0341. The molecule has 0 bridgehead atoms. The number of hydrogen-bond acceptors (Lipinski definition) is 2. The van der Waals surface area contributed by atoms with E-state index >= 15 is 0 Å². The van der Waals surface area contributed by atoms with Crippen molar-refractivity contribution >= 4 is 29.1 Å². The highest BCUT2D eigenvalue weighted by atomic mass is 35.5. The van der Waals surface area contributed by atoms with Crippen molar-refractivity contribution in [2.24, 2.45) is 5.92 Å². The van der Waals surface area contributed by atoms with Gasteiger partial charge >= 0.3 is 0 Å². The van der Waals surface area contributed by atoms with Gasteiger partial charge in [-0.25, -0.2) is 0 Å². The van der Waals surface area contributed by atoms with Gasteiger partial charge in [-0.3, -0.25) is 4.79 Å². The molecular weight excluding hydrogens is 254 g/mol. The molecule has 1 fully saturated rings. The Morgan fingerprint density at radius 3 is 2.94 bits per heavy atom. The van der Waals surface area contributed by atoms with Crippen molar-refractivity contribution in [3.8, 4) is 0 Å². The van der Waals surface area contributed by atoms with Gasteiger partial charge in [0.25, 0.3) is 0 Å². The SMILES string of the molecule is Cc1cc(C(=O)CCl)c(C)n1CC1CCSC1. The highest BCUT2D eigenvalue weighted by Gasteiger charge is 2.20. The number of nitrogens with zero attached hydrogens (tertiary/aromatic N) is 1. The van der Waals surface area contributed by atoms with Crippen LogP contribution in [0.4, 0.5) is 0 Å². The van der Waals surface area contributed by atoms with Crippen molar-refractivity contribution in [3.63, 3.8) is 0 Å². The molecule has 0 N–H and O–H groups in total. The lowest BCUT2D eigenvalue weighted by Crippen LogP contribution is -2.13. The molecule has 0 radical (unpaired) electrons. The Morgan fingerprint density at radius 1 is 1.59 bits per heavy atom. The Balaban J connectivity index is 2.21. The van der Waals surface area contributed by atoms with Gasteiger partial charge in [0.05, 0.1) is 5.88 Å². The fourth-order valence-electron chi connectivity index (χ4n) is 2.42. The van der Waals surface area contributed by atoms with Crippen LogP contribution in [0.15, 0.2) is 6.07 Å². The monoisotopic (exact) mass is 271 g/mol. The molecule has 1 aromatic heterocycles. The smallest absolute Gasteiger partial charge is 0.179 e. The van der Waals surface area contributed by atoms with Crippen LogP contribution in [0.2, 0.25) is 0 Å². The molecule has 0 aliphatic carbocycles. The molecule has 2 nitrogen and oxygen atoms in total. The second-order valence-corrected chi connectivity index (χ2v) is 6.10. The lowest BCUT2D eigenvalue weighted by atomic mass is 10.1. The number of carbonyl (C=O) groups is 1. The number of alkyl halides is 1. The van der Waals surface area contributed by atoms with Crippen molar-refractivity contribution in [1.29, 1.82) is 0 Å². The minimum Gasteiger partial charge on any atom is -0.348 e. The molecular formula is C13H18ClNOS. The van der Waals surface area contributed by atoms with Gasteiger partial charge in [0.1, 0.15) is 0 Å². The van der Waals surface area contributed by atoms with Crippen LogP contribution in [0.3, 0.4) is 0 Å². The summed E-state index contributed by atoms with van der Waals surface area (Å²) in [5, 5.41) is 0. The maximum atomic E-state index is 11.7. The zero-order valence-electron chi connectivity index (χ0n) is 10.3. The lowest BCUT2D eigenvalue weighted by molar-refractivity contribution is 0.102. The highest BCUT2D eigenvalue weighted by Crippen LogP contribution is 2.27. The Labute approximate surface area is 112 Å². The molecule has 0 aromatic carbocycles. The third kappa shape index (κ3) is 2.71. The van der Waals surface area contributed by atoms with Gasteiger partial charge in [-0.15, -0.1) is 11.6 Å². The normalized spacial score (nSPS) is 19.8. The van der Waals surface area contributed by atoms with E-state index in [4.69, 9.17) is 11.6 Å². The number of aromatic nitrogens is 1. The number of carbonyl (C=O) groups excluding carboxylic acids is 1. The van der Waals surface area contributed by atoms with Crippen LogP contribution in [0.1, 0.15) is 28.2 Å². The highest BCUT2D eigenvalue weighted by molar-refractivity contribution is 7.99. The fourth-order valence-corrected chi connectivity index (χ4v) is 3.84. The number of aryl methyl sites for hydroxylation is 1. The molecule has 1 aliphatic rings. The minimum absolute atomic E-state index is 0.0341. The Morgan fingerprint density at radius 2 is 2.35 bits per heavy atom. The average Bonchev–Trinajstić information content (AvgIpc) is 2.91. The van der Waals surface area contributed by atoms with E-state index in [-0.39, 0.29) is 11.7 Å². The van der Waals surface area contributed by atoms with E-state index in [1.54, 1.807) is 0 Å². The Kier molecular flexibility index (Phi) is 4.21. The van der Waals surface area contributed by atoms with E-state index in [1.807, 2.05) is 24.8 Å². The summed E-state index contributed by atoms with van der Waals surface area (Å²) in [7, 11) is 0. The van der Waals surface area contributed by atoms with Crippen LogP contribution in [-0.4, -0.2) is 27.7 Å². The van der Waals surface area contributed by atoms with Crippen LogP contribution >= 0.6 is 23.4 Å². The van der Waals surface area contributed by atoms with Crippen molar-refractivity contribution in [2.45, 2.75) is 26.8 Å². The second-order valence-electron chi connectivity index (χ2n) is 4.68. The third-order valence-corrected chi connectivity index (χ3v) is 4.93. The third-order valence-electron chi connectivity index (χ3n) is 3.46. The first-order valence-corrected chi connectivity index (χ1v) is 7.66. The summed E-state index contributed by atoms with van der Waals surface area (Å²) in [5.41, 5.74) is 3.04. The van der Waals surface area contributed by atoms with E-state index < -0.39 is 0 Å². The summed E-state index contributed by atoms with van der Waals surface area (Å²) in [4.78, 5) is 11.7. The summed E-state index contributed by atoms with van der Waals surface area (Å²) in [5.74, 6) is 3.38.